The van der Waals surface area contributed by atoms with Crippen molar-refractivity contribution >= 4 is 29.7 Å². The maximum Gasteiger partial charge on any atom is 0.363 e. The topological polar surface area (TPSA) is 94.9 Å². The van der Waals surface area contributed by atoms with Gasteiger partial charge in [-0.1, -0.05) is 12.1 Å². The summed E-state index contributed by atoms with van der Waals surface area (Å²) in [5, 5.41) is 10.7. The minimum atomic E-state index is -0.581. The minimum Gasteiger partial charge on any atom is -0.462 e. The number of carbonyl (C=O) groups excluding carboxylic acids is 1. The fourth-order valence-corrected chi connectivity index (χ4v) is 2.07. The van der Waals surface area contributed by atoms with Crippen molar-refractivity contribution in [2.24, 2.45) is 4.99 Å². The highest BCUT2D eigenvalue weighted by Crippen LogP contribution is 2.19. The minimum absolute atomic E-state index is 0.0173. The summed E-state index contributed by atoms with van der Waals surface area (Å²) in [5.41, 5.74) is 0.710. The van der Waals surface area contributed by atoms with Crippen molar-refractivity contribution in [2.75, 3.05) is 0 Å². The fraction of sp³-hybridized carbons (Fsp3) is 0.0588. The second kappa shape index (κ2) is 6.33. The van der Waals surface area contributed by atoms with E-state index in [1.165, 1.54) is 24.3 Å². The molecule has 0 fully saturated rings. The molecule has 1 aromatic heterocycles. The molecule has 3 rings (SSSR count). The molecule has 0 saturated carbocycles. The SMILES string of the molecule is Cc1ccc(C=C2N=C(C=Cc3cccc([N+](=O)[O-])c3)OC2=O)o1. The summed E-state index contributed by atoms with van der Waals surface area (Å²) < 4.78 is 10.4. The third-order valence-corrected chi connectivity index (χ3v) is 3.18. The molecule has 1 aliphatic heterocycles. The van der Waals surface area contributed by atoms with E-state index in [4.69, 9.17) is 9.15 Å². The Kier molecular flexibility index (Phi) is 4.07. The second-order valence-corrected chi connectivity index (χ2v) is 5.00. The lowest BCUT2D eigenvalue weighted by atomic mass is 10.2. The maximum atomic E-state index is 11.8. The van der Waals surface area contributed by atoms with E-state index >= 15 is 0 Å². The molecule has 2 aromatic rings. The summed E-state index contributed by atoms with van der Waals surface area (Å²) in [6, 6.07) is 9.59. The molecule has 0 amide bonds. The van der Waals surface area contributed by atoms with Gasteiger partial charge in [-0.25, -0.2) is 9.79 Å². The number of hydrogen-bond acceptors (Lipinski definition) is 6. The van der Waals surface area contributed by atoms with Crippen LogP contribution in [-0.4, -0.2) is 16.8 Å². The number of esters is 1. The largest absolute Gasteiger partial charge is 0.462 e. The Hall–Kier alpha value is -3.48. The molecule has 1 aliphatic rings. The molecule has 0 N–H and O–H groups in total. The van der Waals surface area contributed by atoms with Crippen LogP contribution in [0, 0.1) is 17.0 Å². The van der Waals surface area contributed by atoms with Crippen molar-refractivity contribution in [3.05, 3.63) is 75.4 Å². The van der Waals surface area contributed by atoms with Gasteiger partial charge in [0, 0.05) is 24.3 Å². The van der Waals surface area contributed by atoms with Crippen LogP contribution in [0.3, 0.4) is 0 Å². The third kappa shape index (κ3) is 3.46. The van der Waals surface area contributed by atoms with Crippen molar-refractivity contribution < 1.29 is 18.9 Å². The lowest BCUT2D eigenvalue weighted by molar-refractivity contribution is -0.384. The van der Waals surface area contributed by atoms with Gasteiger partial charge in [0.05, 0.1) is 4.92 Å². The van der Waals surface area contributed by atoms with Crippen LogP contribution in [0.25, 0.3) is 12.2 Å². The Labute approximate surface area is 136 Å². The number of cyclic esters (lactones) is 1. The summed E-state index contributed by atoms with van der Waals surface area (Å²) >= 11 is 0. The number of carbonyl (C=O) groups is 1. The average Bonchev–Trinajstić information content (AvgIpc) is 3.12. The molecule has 0 radical (unpaired) electrons. The first kappa shape index (κ1) is 15.4. The molecule has 2 heterocycles. The number of aryl methyl sites for hydroxylation is 1. The second-order valence-electron chi connectivity index (χ2n) is 5.00. The molecule has 0 atom stereocenters. The number of non-ortho nitro benzene ring substituents is 1. The Balaban J connectivity index is 1.79. The van der Waals surface area contributed by atoms with Crippen molar-refractivity contribution in [3.63, 3.8) is 0 Å². The highest BCUT2D eigenvalue weighted by molar-refractivity contribution is 6.11. The lowest BCUT2D eigenvalue weighted by Gasteiger charge is -1.94. The number of nitro groups is 1. The molecular weight excluding hydrogens is 312 g/mol. The number of nitro benzene ring substituents is 1. The van der Waals surface area contributed by atoms with Crippen LogP contribution in [0.2, 0.25) is 0 Å². The number of rotatable bonds is 4. The number of hydrogen-bond donors (Lipinski definition) is 0. The predicted molar refractivity (Wildman–Crippen MR) is 87.1 cm³/mol. The number of ether oxygens (including phenoxy) is 1. The number of furan rings is 1. The zero-order valence-corrected chi connectivity index (χ0v) is 12.6. The van der Waals surface area contributed by atoms with Crippen LogP contribution in [0.4, 0.5) is 5.69 Å². The van der Waals surface area contributed by atoms with Gasteiger partial charge in [-0.15, -0.1) is 0 Å². The molecule has 0 unspecified atom stereocenters. The Morgan fingerprint density at radius 2 is 2.04 bits per heavy atom. The van der Waals surface area contributed by atoms with E-state index in [9.17, 15) is 14.9 Å². The monoisotopic (exact) mass is 324 g/mol. The predicted octanol–water partition coefficient (Wildman–Crippen LogP) is 3.51. The summed E-state index contributed by atoms with van der Waals surface area (Å²) in [7, 11) is 0. The molecule has 0 spiro atoms. The van der Waals surface area contributed by atoms with Crippen LogP contribution < -0.4 is 0 Å². The van der Waals surface area contributed by atoms with Crippen molar-refractivity contribution in [3.8, 4) is 0 Å². The molecule has 7 heteroatoms. The van der Waals surface area contributed by atoms with E-state index in [0.717, 1.165) is 5.76 Å². The first-order valence-corrected chi connectivity index (χ1v) is 7.03. The molecule has 0 aliphatic carbocycles. The number of nitrogens with zero attached hydrogens (tertiary/aromatic N) is 2. The summed E-state index contributed by atoms with van der Waals surface area (Å²) in [6.07, 6.45) is 4.55. The third-order valence-electron chi connectivity index (χ3n) is 3.18. The zero-order valence-electron chi connectivity index (χ0n) is 12.6. The molecule has 1 aromatic carbocycles. The summed E-state index contributed by atoms with van der Waals surface area (Å²) in [6.45, 7) is 1.80. The van der Waals surface area contributed by atoms with Crippen molar-refractivity contribution in [1.82, 2.24) is 0 Å². The lowest BCUT2D eigenvalue weighted by Crippen LogP contribution is -2.01. The van der Waals surface area contributed by atoms with Crippen LogP contribution in [0.1, 0.15) is 17.1 Å². The highest BCUT2D eigenvalue weighted by atomic mass is 16.6. The van der Waals surface area contributed by atoms with Crippen molar-refractivity contribution in [1.29, 1.82) is 0 Å². The Bertz CT molecular complexity index is 905. The Morgan fingerprint density at radius 3 is 2.75 bits per heavy atom. The van der Waals surface area contributed by atoms with Crippen LogP contribution in [0.5, 0.6) is 0 Å². The van der Waals surface area contributed by atoms with Gasteiger partial charge in [0.25, 0.3) is 5.69 Å². The first-order valence-electron chi connectivity index (χ1n) is 7.03. The maximum absolute atomic E-state index is 11.8. The van der Waals surface area contributed by atoms with E-state index in [1.807, 2.05) is 0 Å². The van der Waals surface area contributed by atoms with E-state index in [1.54, 1.807) is 37.3 Å². The summed E-state index contributed by atoms with van der Waals surface area (Å²) in [5.74, 6) is 0.763. The average molecular weight is 324 g/mol. The summed E-state index contributed by atoms with van der Waals surface area (Å²) in [4.78, 5) is 26.1. The highest BCUT2D eigenvalue weighted by Gasteiger charge is 2.21. The fourth-order valence-electron chi connectivity index (χ4n) is 2.07. The molecule has 0 saturated heterocycles. The molecule has 24 heavy (non-hydrogen) atoms. The quantitative estimate of drug-likeness (QED) is 0.371. The van der Waals surface area contributed by atoms with Crippen LogP contribution >= 0.6 is 0 Å². The smallest absolute Gasteiger partial charge is 0.363 e. The van der Waals surface area contributed by atoms with Gasteiger partial charge < -0.3 is 9.15 Å². The van der Waals surface area contributed by atoms with Gasteiger partial charge in [-0.3, -0.25) is 10.1 Å². The molecule has 120 valence electrons. The number of benzene rings is 1. The van der Waals surface area contributed by atoms with Crippen molar-refractivity contribution in [2.45, 2.75) is 6.92 Å². The molecular formula is C17H12N2O5. The van der Waals surface area contributed by atoms with Gasteiger partial charge >= 0.3 is 5.97 Å². The molecule has 0 bridgehead atoms. The van der Waals surface area contributed by atoms with Gasteiger partial charge in [-0.2, -0.15) is 0 Å². The van der Waals surface area contributed by atoms with Gasteiger partial charge in [-0.05, 0) is 30.7 Å². The molecule has 7 nitrogen and oxygen atoms in total. The van der Waals surface area contributed by atoms with Crippen LogP contribution in [-0.2, 0) is 9.53 Å². The van der Waals surface area contributed by atoms with Gasteiger partial charge in [0.15, 0.2) is 5.70 Å². The normalized spacial score (nSPS) is 15.8. The van der Waals surface area contributed by atoms with Crippen LogP contribution in [0.15, 0.2) is 57.6 Å². The number of aliphatic imine (C=N–C) groups is 1. The first-order chi connectivity index (χ1) is 11.5. The van der Waals surface area contributed by atoms with E-state index in [2.05, 4.69) is 4.99 Å². The van der Waals surface area contributed by atoms with E-state index in [-0.39, 0.29) is 17.3 Å². The van der Waals surface area contributed by atoms with Gasteiger partial charge in [0.1, 0.15) is 11.5 Å². The van der Waals surface area contributed by atoms with Gasteiger partial charge in [0.2, 0.25) is 5.90 Å². The van der Waals surface area contributed by atoms with E-state index in [0.29, 0.717) is 11.3 Å². The zero-order chi connectivity index (χ0) is 17.1. The standard InChI is InChI=1S/C17H12N2O5/c1-11-5-7-14(23-11)10-15-17(20)24-16(18-15)8-6-12-3-2-4-13(9-12)19(21)22/h2-10H,1H3. The van der Waals surface area contributed by atoms with E-state index < -0.39 is 10.9 Å². The Morgan fingerprint density at radius 1 is 1.21 bits per heavy atom.